The van der Waals surface area contributed by atoms with Gasteiger partial charge in [0.2, 0.25) is 0 Å². The summed E-state index contributed by atoms with van der Waals surface area (Å²) in [5.41, 5.74) is 0. The summed E-state index contributed by atoms with van der Waals surface area (Å²) in [7, 11) is 0. The number of rotatable bonds is 2. The molecule has 52 valence electrons. The van der Waals surface area contributed by atoms with Gasteiger partial charge in [-0.15, -0.1) is 0 Å². The molecular formula is C6H12N2S. The monoisotopic (exact) mass is 144 g/mol. The largest absolute Gasteiger partial charge is 0.351 e. The molecule has 0 spiro atoms. The van der Waals surface area contributed by atoms with Crippen molar-refractivity contribution in [3.63, 3.8) is 0 Å². The molecule has 3 heteroatoms. The molecule has 0 saturated carbocycles. The van der Waals surface area contributed by atoms with Crippen LogP contribution in [0.3, 0.4) is 0 Å². The van der Waals surface area contributed by atoms with Gasteiger partial charge in [-0.25, -0.2) is 0 Å². The van der Waals surface area contributed by atoms with Crippen molar-refractivity contribution in [2.75, 3.05) is 18.8 Å². The molecule has 1 aliphatic heterocycles. The lowest BCUT2D eigenvalue weighted by Gasteiger charge is -2.13. The maximum atomic E-state index is 7.40. The molecule has 0 aromatic heterocycles. The Kier molecular flexibility index (Phi) is 2.39. The van der Waals surface area contributed by atoms with Gasteiger partial charge < -0.3 is 4.90 Å². The zero-order chi connectivity index (χ0) is 6.69. The van der Waals surface area contributed by atoms with Gasteiger partial charge in [0.05, 0.1) is 0 Å². The Morgan fingerprint density at radius 1 is 1.78 bits per heavy atom. The van der Waals surface area contributed by atoms with Crippen LogP contribution in [0.25, 0.3) is 0 Å². The molecule has 1 N–H and O–H groups in total. The van der Waals surface area contributed by atoms with Crippen molar-refractivity contribution in [1.29, 1.82) is 5.41 Å². The highest BCUT2D eigenvalue weighted by Gasteiger charge is 2.15. The van der Waals surface area contributed by atoms with Crippen LogP contribution in [0.15, 0.2) is 0 Å². The average molecular weight is 144 g/mol. The van der Waals surface area contributed by atoms with E-state index in [2.05, 4.69) is 11.8 Å². The first-order valence-corrected chi connectivity index (χ1v) is 4.29. The van der Waals surface area contributed by atoms with E-state index in [0.717, 1.165) is 30.4 Å². The van der Waals surface area contributed by atoms with E-state index in [9.17, 15) is 0 Å². The zero-order valence-corrected chi connectivity index (χ0v) is 6.50. The van der Waals surface area contributed by atoms with E-state index in [-0.39, 0.29) is 0 Å². The second-order valence-electron chi connectivity index (χ2n) is 2.14. The number of nitrogens with zero attached hydrogens (tertiary/aromatic N) is 1. The molecule has 0 aromatic rings. The molecule has 1 heterocycles. The Labute approximate surface area is 60.1 Å². The standard InChI is InChI=1S/C6H12N2S/c1-2-3-8-4-5-9-6(8)7/h7H,2-5H2,1H3. The van der Waals surface area contributed by atoms with Crippen LogP contribution in [0.1, 0.15) is 13.3 Å². The van der Waals surface area contributed by atoms with Crippen molar-refractivity contribution in [1.82, 2.24) is 4.90 Å². The molecule has 0 bridgehead atoms. The van der Waals surface area contributed by atoms with Gasteiger partial charge in [0, 0.05) is 18.8 Å². The van der Waals surface area contributed by atoms with E-state index in [1.165, 1.54) is 0 Å². The Balaban J connectivity index is 2.31. The molecule has 1 rings (SSSR count). The lowest BCUT2D eigenvalue weighted by atomic mass is 10.4. The molecule has 1 fully saturated rings. The first-order valence-electron chi connectivity index (χ1n) is 3.31. The first kappa shape index (κ1) is 6.93. The van der Waals surface area contributed by atoms with Crippen molar-refractivity contribution < 1.29 is 0 Å². The van der Waals surface area contributed by atoms with Gasteiger partial charge in [-0.1, -0.05) is 18.7 Å². The highest BCUT2D eigenvalue weighted by atomic mass is 32.2. The third-order valence-corrected chi connectivity index (χ3v) is 2.30. The topological polar surface area (TPSA) is 27.1 Å². The van der Waals surface area contributed by atoms with Crippen molar-refractivity contribution in [2.45, 2.75) is 13.3 Å². The molecule has 0 amide bonds. The first-order chi connectivity index (χ1) is 4.34. The van der Waals surface area contributed by atoms with E-state index in [4.69, 9.17) is 5.41 Å². The summed E-state index contributed by atoms with van der Waals surface area (Å²) >= 11 is 1.65. The summed E-state index contributed by atoms with van der Waals surface area (Å²) in [6.45, 7) is 4.29. The minimum Gasteiger partial charge on any atom is -0.351 e. The summed E-state index contributed by atoms with van der Waals surface area (Å²) in [6, 6.07) is 0. The minimum atomic E-state index is 0.761. The van der Waals surface area contributed by atoms with Crippen LogP contribution in [0.4, 0.5) is 0 Å². The van der Waals surface area contributed by atoms with Gasteiger partial charge in [0.25, 0.3) is 0 Å². The molecule has 0 aromatic carbocycles. The normalized spacial score (nSPS) is 19.2. The minimum absolute atomic E-state index is 0.761. The summed E-state index contributed by atoms with van der Waals surface area (Å²) in [6.07, 6.45) is 1.16. The Bertz CT molecular complexity index is 114. The van der Waals surface area contributed by atoms with Crippen LogP contribution < -0.4 is 0 Å². The summed E-state index contributed by atoms with van der Waals surface area (Å²) in [5, 5.41) is 8.16. The third-order valence-electron chi connectivity index (χ3n) is 1.38. The number of amidine groups is 1. The van der Waals surface area contributed by atoms with E-state index < -0.39 is 0 Å². The fraction of sp³-hybridized carbons (Fsp3) is 0.833. The molecule has 2 nitrogen and oxygen atoms in total. The smallest absolute Gasteiger partial charge is 0.156 e. The maximum Gasteiger partial charge on any atom is 0.156 e. The van der Waals surface area contributed by atoms with E-state index in [1.807, 2.05) is 0 Å². The van der Waals surface area contributed by atoms with Crippen molar-refractivity contribution >= 4 is 16.9 Å². The number of hydrogen-bond donors (Lipinski definition) is 1. The van der Waals surface area contributed by atoms with Crippen LogP contribution in [-0.4, -0.2) is 28.9 Å². The second-order valence-corrected chi connectivity index (χ2v) is 3.22. The van der Waals surface area contributed by atoms with Gasteiger partial charge in [0.1, 0.15) is 0 Å². The summed E-state index contributed by atoms with van der Waals surface area (Å²) < 4.78 is 0. The van der Waals surface area contributed by atoms with Crippen molar-refractivity contribution in [3.8, 4) is 0 Å². The van der Waals surface area contributed by atoms with Crippen molar-refractivity contribution in [2.24, 2.45) is 0 Å². The van der Waals surface area contributed by atoms with Gasteiger partial charge in [0.15, 0.2) is 5.17 Å². The fourth-order valence-corrected chi connectivity index (χ4v) is 1.80. The molecule has 1 aliphatic rings. The van der Waals surface area contributed by atoms with Gasteiger partial charge in [-0.2, -0.15) is 0 Å². The second kappa shape index (κ2) is 3.11. The lowest BCUT2D eigenvalue weighted by molar-refractivity contribution is 0.458. The zero-order valence-electron chi connectivity index (χ0n) is 5.68. The Hall–Kier alpha value is -0.180. The fourth-order valence-electron chi connectivity index (χ4n) is 0.929. The van der Waals surface area contributed by atoms with Gasteiger partial charge in [-0.3, -0.25) is 5.41 Å². The molecule has 0 atom stereocenters. The SMILES string of the molecule is CCCN1CCSC1=N. The number of thioether (sulfide) groups is 1. The number of nitrogens with one attached hydrogen (secondary N) is 1. The average Bonchev–Trinajstić information content (AvgIpc) is 2.18. The molecule has 1 saturated heterocycles. The van der Waals surface area contributed by atoms with Crippen LogP contribution in [0.5, 0.6) is 0 Å². The van der Waals surface area contributed by atoms with Crippen LogP contribution >= 0.6 is 11.8 Å². The lowest BCUT2D eigenvalue weighted by Crippen LogP contribution is -2.24. The predicted molar refractivity (Wildman–Crippen MR) is 42.0 cm³/mol. The van der Waals surface area contributed by atoms with E-state index in [1.54, 1.807) is 11.8 Å². The highest BCUT2D eigenvalue weighted by Crippen LogP contribution is 2.15. The number of hydrogen-bond acceptors (Lipinski definition) is 2. The predicted octanol–water partition coefficient (Wildman–Crippen LogP) is 1.38. The van der Waals surface area contributed by atoms with Crippen LogP contribution in [0, 0.1) is 5.41 Å². The van der Waals surface area contributed by atoms with Crippen LogP contribution in [0.2, 0.25) is 0 Å². The van der Waals surface area contributed by atoms with E-state index in [0.29, 0.717) is 0 Å². The third kappa shape index (κ3) is 1.61. The highest BCUT2D eigenvalue weighted by molar-refractivity contribution is 8.14. The van der Waals surface area contributed by atoms with Crippen LogP contribution in [-0.2, 0) is 0 Å². The molecule has 0 radical (unpaired) electrons. The van der Waals surface area contributed by atoms with Gasteiger partial charge >= 0.3 is 0 Å². The summed E-state index contributed by atoms with van der Waals surface area (Å²) in [5.74, 6) is 1.11. The summed E-state index contributed by atoms with van der Waals surface area (Å²) in [4.78, 5) is 2.13. The van der Waals surface area contributed by atoms with Gasteiger partial charge in [-0.05, 0) is 6.42 Å². The quantitative estimate of drug-likeness (QED) is 0.634. The maximum absolute atomic E-state index is 7.40. The Morgan fingerprint density at radius 2 is 2.56 bits per heavy atom. The molecule has 9 heavy (non-hydrogen) atoms. The molecule has 0 aliphatic carbocycles. The molecule has 0 unspecified atom stereocenters. The van der Waals surface area contributed by atoms with E-state index >= 15 is 0 Å². The Morgan fingerprint density at radius 3 is 3.00 bits per heavy atom. The van der Waals surface area contributed by atoms with Crippen molar-refractivity contribution in [3.05, 3.63) is 0 Å². The molecular weight excluding hydrogens is 132 g/mol.